The zero-order valence-corrected chi connectivity index (χ0v) is 18.3. The van der Waals surface area contributed by atoms with Gasteiger partial charge in [0.15, 0.2) is 5.65 Å². The van der Waals surface area contributed by atoms with E-state index in [2.05, 4.69) is 15.4 Å². The Balaban J connectivity index is 1.48. The molecule has 0 spiro atoms. The summed E-state index contributed by atoms with van der Waals surface area (Å²) in [7, 11) is 0. The van der Waals surface area contributed by atoms with Crippen LogP contribution in [0.1, 0.15) is 21.7 Å². The highest BCUT2D eigenvalue weighted by Gasteiger charge is 2.19. The molecule has 0 fully saturated rings. The molecule has 0 saturated heterocycles. The van der Waals surface area contributed by atoms with Crippen molar-refractivity contribution in [2.75, 3.05) is 5.32 Å². The summed E-state index contributed by atoms with van der Waals surface area (Å²) >= 11 is 6.69. The second-order valence-corrected chi connectivity index (χ2v) is 8.54. The quantitative estimate of drug-likeness (QED) is 0.342. The molecule has 1 aromatic carbocycles. The van der Waals surface area contributed by atoms with Crippen LogP contribution in [-0.4, -0.2) is 31.2 Å². The Kier molecular flexibility index (Phi) is 5.30. The number of thiophene rings is 1. The molecule has 0 aliphatic heterocycles. The molecule has 3 aromatic heterocycles. The minimum absolute atomic E-state index is 0.105. The zero-order chi connectivity index (χ0) is 22.1. The predicted octanol–water partition coefficient (Wildman–Crippen LogP) is 4.88. The number of hydrogen-bond acceptors (Lipinski definition) is 6. The molecule has 0 saturated carbocycles. The van der Waals surface area contributed by atoms with E-state index in [0.29, 0.717) is 38.6 Å². The van der Waals surface area contributed by atoms with Crippen molar-refractivity contribution in [1.29, 1.82) is 0 Å². The molecular weight excluding hydrogens is 440 g/mol. The van der Waals surface area contributed by atoms with Crippen molar-refractivity contribution in [3.8, 4) is 11.3 Å². The van der Waals surface area contributed by atoms with Gasteiger partial charge in [0.2, 0.25) is 5.78 Å². The third kappa shape index (κ3) is 3.70. The Morgan fingerprint density at radius 1 is 1.16 bits per heavy atom. The first-order valence-corrected chi connectivity index (χ1v) is 11.1. The lowest BCUT2D eigenvalue weighted by Crippen LogP contribution is -2.20. The standard InChI is InChI=1S/C24H16N4O2S2/c29-22(21-9-4-12-32-21)18-14-26-28-19(10-11-25-23(18)28)15-5-3-6-16(13-15)27-24(30)17-7-1-2-8-20(17)31/h1-7,9-14H,8H2,(H,27,30). The molecule has 1 aliphatic carbocycles. The number of benzene rings is 1. The van der Waals surface area contributed by atoms with Crippen LogP contribution in [0, 0.1) is 0 Å². The summed E-state index contributed by atoms with van der Waals surface area (Å²) in [5.74, 6) is -0.342. The fourth-order valence-electron chi connectivity index (χ4n) is 3.51. The SMILES string of the molecule is O=C(Nc1cccc(-c2ccnc3c(C(=O)c4cccs4)cnn23)c1)C1=CC=CCC1=S. The number of carbonyl (C=O) groups is 2. The van der Waals surface area contributed by atoms with Crippen LogP contribution in [0.4, 0.5) is 5.69 Å². The minimum atomic E-state index is -0.237. The zero-order valence-electron chi connectivity index (χ0n) is 16.7. The van der Waals surface area contributed by atoms with Crippen LogP contribution >= 0.6 is 23.6 Å². The van der Waals surface area contributed by atoms with E-state index in [1.54, 1.807) is 29.1 Å². The lowest BCUT2D eigenvalue weighted by Gasteiger charge is -2.12. The number of fused-ring (bicyclic) bond motifs is 1. The van der Waals surface area contributed by atoms with Crippen LogP contribution in [0.5, 0.6) is 0 Å². The Morgan fingerprint density at radius 2 is 2.06 bits per heavy atom. The van der Waals surface area contributed by atoms with Crippen LogP contribution in [0.3, 0.4) is 0 Å². The van der Waals surface area contributed by atoms with E-state index in [9.17, 15) is 9.59 Å². The number of carbonyl (C=O) groups excluding carboxylic acids is 2. The molecule has 6 nitrogen and oxygen atoms in total. The predicted molar refractivity (Wildman–Crippen MR) is 129 cm³/mol. The maximum atomic E-state index is 12.8. The average Bonchev–Trinajstić information content (AvgIpc) is 3.49. The van der Waals surface area contributed by atoms with E-state index in [0.717, 1.165) is 11.3 Å². The first kappa shape index (κ1) is 20.2. The van der Waals surface area contributed by atoms with Crippen molar-refractivity contribution in [2.45, 2.75) is 6.42 Å². The Morgan fingerprint density at radius 3 is 2.88 bits per heavy atom. The average molecular weight is 457 g/mol. The molecule has 0 bridgehead atoms. The van der Waals surface area contributed by atoms with Gasteiger partial charge in [0.05, 0.1) is 27.9 Å². The molecule has 3 heterocycles. The van der Waals surface area contributed by atoms with E-state index in [1.165, 1.54) is 11.3 Å². The topological polar surface area (TPSA) is 76.4 Å². The number of ketones is 1. The summed E-state index contributed by atoms with van der Waals surface area (Å²) in [4.78, 5) is 31.1. The summed E-state index contributed by atoms with van der Waals surface area (Å²) in [6.45, 7) is 0. The minimum Gasteiger partial charge on any atom is -0.322 e. The van der Waals surface area contributed by atoms with Crippen LogP contribution < -0.4 is 5.32 Å². The number of rotatable bonds is 5. The largest absolute Gasteiger partial charge is 0.322 e. The van der Waals surface area contributed by atoms with Gasteiger partial charge in [-0.1, -0.05) is 42.6 Å². The number of hydrogen-bond donors (Lipinski definition) is 1. The molecule has 0 radical (unpaired) electrons. The molecule has 8 heteroatoms. The molecule has 0 unspecified atom stereocenters. The van der Waals surface area contributed by atoms with Crippen LogP contribution in [0.15, 0.2) is 84.0 Å². The van der Waals surface area contributed by atoms with E-state index in [1.807, 2.05) is 53.9 Å². The summed E-state index contributed by atoms with van der Waals surface area (Å²) in [6.07, 6.45) is 9.28. The fourth-order valence-corrected chi connectivity index (χ4v) is 4.44. The highest BCUT2D eigenvalue weighted by molar-refractivity contribution is 7.81. The number of nitrogens with zero attached hydrogens (tertiary/aromatic N) is 3. The Labute approximate surface area is 192 Å². The monoisotopic (exact) mass is 456 g/mol. The van der Waals surface area contributed by atoms with Gasteiger partial charge >= 0.3 is 0 Å². The maximum Gasteiger partial charge on any atom is 0.256 e. The first-order valence-electron chi connectivity index (χ1n) is 9.84. The molecule has 0 atom stereocenters. The van der Waals surface area contributed by atoms with Crippen LogP contribution in [0.25, 0.3) is 16.9 Å². The van der Waals surface area contributed by atoms with E-state index in [4.69, 9.17) is 12.2 Å². The lowest BCUT2D eigenvalue weighted by atomic mass is 10.0. The van der Waals surface area contributed by atoms with Crippen molar-refractivity contribution in [1.82, 2.24) is 14.6 Å². The van der Waals surface area contributed by atoms with Crippen molar-refractivity contribution in [3.05, 3.63) is 94.5 Å². The van der Waals surface area contributed by atoms with Crippen molar-refractivity contribution in [2.24, 2.45) is 0 Å². The van der Waals surface area contributed by atoms with Gasteiger partial charge in [-0.15, -0.1) is 11.3 Å². The Bertz CT molecular complexity index is 1430. The summed E-state index contributed by atoms with van der Waals surface area (Å²) in [6, 6.07) is 12.9. The van der Waals surface area contributed by atoms with Crippen LogP contribution in [-0.2, 0) is 4.79 Å². The number of amides is 1. The molecule has 1 aliphatic rings. The molecule has 32 heavy (non-hydrogen) atoms. The molecular formula is C24H16N4O2S2. The highest BCUT2D eigenvalue weighted by atomic mass is 32.1. The van der Waals surface area contributed by atoms with Gasteiger partial charge < -0.3 is 5.32 Å². The van der Waals surface area contributed by atoms with E-state index >= 15 is 0 Å². The molecule has 4 aromatic rings. The number of anilines is 1. The van der Waals surface area contributed by atoms with Crippen molar-refractivity contribution < 1.29 is 9.59 Å². The van der Waals surface area contributed by atoms with Crippen LogP contribution in [0.2, 0.25) is 0 Å². The van der Waals surface area contributed by atoms with Gasteiger partial charge in [0.25, 0.3) is 5.91 Å². The second kappa shape index (κ2) is 8.41. The number of allylic oxidation sites excluding steroid dienone is 3. The summed E-state index contributed by atoms with van der Waals surface area (Å²) in [5, 5.41) is 9.20. The lowest BCUT2D eigenvalue weighted by molar-refractivity contribution is -0.112. The second-order valence-electron chi connectivity index (χ2n) is 7.10. The third-order valence-corrected chi connectivity index (χ3v) is 6.31. The normalized spacial score (nSPS) is 13.2. The summed E-state index contributed by atoms with van der Waals surface area (Å²) < 4.78 is 1.64. The van der Waals surface area contributed by atoms with Gasteiger partial charge in [0.1, 0.15) is 0 Å². The molecule has 1 amide bonds. The van der Waals surface area contributed by atoms with Crippen molar-refractivity contribution in [3.63, 3.8) is 0 Å². The van der Waals surface area contributed by atoms with Gasteiger partial charge in [0, 0.05) is 28.7 Å². The molecule has 156 valence electrons. The fraction of sp³-hybridized carbons (Fsp3) is 0.0417. The maximum absolute atomic E-state index is 12.8. The Hall–Kier alpha value is -3.75. The van der Waals surface area contributed by atoms with Gasteiger partial charge in [-0.2, -0.15) is 5.10 Å². The van der Waals surface area contributed by atoms with E-state index < -0.39 is 0 Å². The van der Waals surface area contributed by atoms with E-state index in [-0.39, 0.29) is 11.7 Å². The number of thiocarbonyl (C=S) groups is 1. The van der Waals surface area contributed by atoms with Crippen molar-refractivity contribution >= 4 is 51.4 Å². The van der Waals surface area contributed by atoms with Gasteiger partial charge in [-0.3, -0.25) is 9.59 Å². The van der Waals surface area contributed by atoms with Gasteiger partial charge in [-0.25, -0.2) is 9.50 Å². The number of nitrogens with one attached hydrogen (secondary N) is 1. The summed E-state index contributed by atoms with van der Waals surface area (Å²) in [5.41, 5.74) is 3.66. The third-order valence-electron chi connectivity index (χ3n) is 5.05. The smallest absolute Gasteiger partial charge is 0.256 e. The molecule has 5 rings (SSSR count). The highest BCUT2D eigenvalue weighted by Crippen LogP contribution is 2.26. The van der Waals surface area contributed by atoms with Gasteiger partial charge in [-0.05, 0) is 35.7 Å². The number of aromatic nitrogens is 3. The molecule has 1 N–H and O–H groups in total. The first-order chi connectivity index (χ1) is 15.6.